The summed E-state index contributed by atoms with van der Waals surface area (Å²) in [7, 11) is 0. The molecular formula is C37H64O3. The maximum absolute atomic E-state index is 12.4. The molecule has 0 aromatic heterocycles. The standard InChI is InChI=1S/C37H64O3/c1-7-8-9-10-11-12-13-25-39-35(38)40-30-21-23-36(5)29(26-30)17-18-31-33-20-19-32(28(4)16-14-15-27(2)3)37(33,6)24-22-34(31)36/h17,27-28,30-34H,7-16,18-26H2,1-6H3/t28?,30-,31-,32+,33-,34-,36-,37+/m0/s1. The average molecular weight is 557 g/mol. The van der Waals surface area contributed by atoms with Gasteiger partial charge in [-0.1, -0.05) is 111 Å². The van der Waals surface area contributed by atoms with E-state index in [1.807, 2.05) is 0 Å². The number of carbonyl (C=O) groups excluding carboxylic acids is 1. The van der Waals surface area contributed by atoms with Crippen molar-refractivity contribution in [2.75, 3.05) is 6.61 Å². The van der Waals surface area contributed by atoms with E-state index in [1.54, 1.807) is 5.57 Å². The molecule has 3 heteroatoms. The summed E-state index contributed by atoms with van der Waals surface area (Å²) in [6.45, 7) is 15.3. The molecule has 3 fully saturated rings. The maximum atomic E-state index is 12.4. The molecule has 0 N–H and O–H groups in total. The molecule has 0 aliphatic heterocycles. The van der Waals surface area contributed by atoms with Gasteiger partial charge < -0.3 is 9.47 Å². The smallest absolute Gasteiger partial charge is 0.434 e. The Bertz CT molecular complexity index is 831. The summed E-state index contributed by atoms with van der Waals surface area (Å²) in [4.78, 5) is 12.4. The molecule has 0 bridgehead atoms. The minimum Gasteiger partial charge on any atom is -0.434 e. The minimum atomic E-state index is -0.443. The third kappa shape index (κ3) is 7.31. The SMILES string of the molecule is CCCCCCCCCOC(=O)O[C@H]1CC[C@@]2(C)C(=CC[C@H]3[C@@H]4CC[C@H](C(C)CCCC(C)C)[C@@]4(C)CC[C@@H]32)C1. The second-order valence-corrected chi connectivity index (χ2v) is 15.5. The van der Waals surface area contributed by atoms with Gasteiger partial charge in [-0.25, -0.2) is 4.79 Å². The van der Waals surface area contributed by atoms with Crippen molar-refractivity contribution >= 4 is 6.16 Å². The molecule has 40 heavy (non-hydrogen) atoms. The molecular weight excluding hydrogens is 492 g/mol. The zero-order valence-corrected chi connectivity index (χ0v) is 27.3. The Morgan fingerprint density at radius 2 is 1.65 bits per heavy atom. The highest BCUT2D eigenvalue weighted by Gasteiger charge is 2.59. The molecule has 0 radical (unpaired) electrons. The Kier molecular flexibility index (Phi) is 11.5. The van der Waals surface area contributed by atoms with Crippen LogP contribution in [0.4, 0.5) is 4.79 Å². The van der Waals surface area contributed by atoms with Gasteiger partial charge >= 0.3 is 6.16 Å². The lowest BCUT2D eigenvalue weighted by atomic mass is 9.47. The summed E-state index contributed by atoms with van der Waals surface area (Å²) < 4.78 is 11.3. The van der Waals surface area contributed by atoms with Crippen molar-refractivity contribution in [3.63, 3.8) is 0 Å². The van der Waals surface area contributed by atoms with E-state index in [1.165, 1.54) is 83.5 Å². The normalized spacial score (nSPS) is 35.9. The van der Waals surface area contributed by atoms with Gasteiger partial charge in [-0.2, -0.15) is 0 Å². The predicted molar refractivity (Wildman–Crippen MR) is 167 cm³/mol. The zero-order chi connectivity index (χ0) is 28.8. The Labute approximate surface area is 248 Å². The summed E-state index contributed by atoms with van der Waals surface area (Å²) in [5, 5.41) is 0. The first kappa shape index (κ1) is 31.9. The highest BCUT2D eigenvalue weighted by Crippen LogP contribution is 2.67. The van der Waals surface area contributed by atoms with Gasteiger partial charge in [0, 0.05) is 6.42 Å². The van der Waals surface area contributed by atoms with Crippen LogP contribution in [0.1, 0.15) is 157 Å². The second kappa shape index (κ2) is 14.5. The molecule has 0 aromatic carbocycles. The van der Waals surface area contributed by atoms with Crippen molar-refractivity contribution in [3.8, 4) is 0 Å². The number of unbranched alkanes of at least 4 members (excludes halogenated alkanes) is 6. The first-order valence-electron chi connectivity index (χ1n) is 17.7. The Hall–Kier alpha value is -0.990. The van der Waals surface area contributed by atoms with E-state index in [2.05, 4.69) is 47.6 Å². The largest absolute Gasteiger partial charge is 0.508 e. The van der Waals surface area contributed by atoms with Crippen molar-refractivity contribution in [2.24, 2.45) is 46.3 Å². The molecule has 8 atom stereocenters. The number of carbonyl (C=O) groups is 1. The first-order valence-corrected chi connectivity index (χ1v) is 17.7. The van der Waals surface area contributed by atoms with Crippen LogP contribution < -0.4 is 0 Å². The molecule has 0 spiro atoms. The molecule has 4 aliphatic carbocycles. The molecule has 0 saturated heterocycles. The summed E-state index contributed by atoms with van der Waals surface area (Å²) in [5.41, 5.74) is 2.43. The monoisotopic (exact) mass is 556 g/mol. The van der Waals surface area contributed by atoms with E-state index in [-0.39, 0.29) is 6.10 Å². The van der Waals surface area contributed by atoms with Crippen LogP contribution >= 0.6 is 0 Å². The summed E-state index contributed by atoms with van der Waals surface area (Å²) in [6.07, 6.45) is 25.0. The number of hydrogen-bond acceptors (Lipinski definition) is 3. The van der Waals surface area contributed by atoms with Crippen LogP contribution in [0.3, 0.4) is 0 Å². The number of fused-ring (bicyclic) bond motifs is 5. The van der Waals surface area contributed by atoms with Gasteiger partial charge in [-0.3, -0.25) is 0 Å². The van der Waals surface area contributed by atoms with Crippen molar-refractivity contribution < 1.29 is 14.3 Å². The van der Waals surface area contributed by atoms with Crippen LogP contribution in [0.5, 0.6) is 0 Å². The van der Waals surface area contributed by atoms with Crippen molar-refractivity contribution in [2.45, 2.75) is 163 Å². The lowest BCUT2D eigenvalue weighted by molar-refractivity contribution is -0.0617. The van der Waals surface area contributed by atoms with E-state index in [0.29, 0.717) is 17.4 Å². The van der Waals surface area contributed by atoms with Gasteiger partial charge in [0.25, 0.3) is 0 Å². The molecule has 3 nitrogen and oxygen atoms in total. The van der Waals surface area contributed by atoms with Crippen LogP contribution in [0.25, 0.3) is 0 Å². The van der Waals surface area contributed by atoms with Gasteiger partial charge in [0.1, 0.15) is 6.10 Å². The topological polar surface area (TPSA) is 35.5 Å². The maximum Gasteiger partial charge on any atom is 0.508 e. The van der Waals surface area contributed by atoms with E-state index >= 15 is 0 Å². The Morgan fingerprint density at radius 3 is 2.40 bits per heavy atom. The van der Waals surface area contributed by atoms with E-state index < -0.39 is 6.16 Å². The van der Waals surface area contributed by atoms with Gasteiger partial charge in [-0.15, -0.1) is 0 Å². The molecule has 230 valence electrons. The number of ether oxygens (including phenoxy) is 2. The Morgan fingerprint density at radius 1 is 0.900 bits per heavy atom. The van der Waals surface area contributed by atoms with Gasteiger partial charge in [0.2, 0.25) is 0 Å². The van der Waals surface area contributed by atoms with Crippen LogP contribution in [0.2, 0.25) is 0 Å². The summed E-state index contributed by atoms with van der Waals surface area (Å²) >= 11 is 0. The lowest BCUT2D eigenvalue weighted by Gasteiger charge is -2.58. The zero-order valence-electron chi connectivity index (χ0n) is 27.3. The first-order chi connectivity index (χ1) is 19.2. The lowest BCUT2D eigenvalue weighted by Crippen LogP contribution is -2.51. The average Bonchev–Trinajstić information content (AvgIpc) is 3.27. The molecule has 0 aromatic rings. The predicted octanol–water partition coefficient (Wildman–Crippen LogP) is 11.3. The van der Waals surface area contributed by atoms with Crippen LogP contribution in [-0.4, -0.2) is 18.9 Å². The minimum absolute atomic E-state index is 0.00572. The molecule has 0 heterocycles. The van der Waals surface area contributed by atoms with Crippen LogP contribution in [0.15, 0.2) is 11.6 Å². The fourth-order valence-electron chi connectivity index (χ4n) is 10.1. The number of hydrogen-bond donors (Lipinski definition) is 0. The molecule has 0 amide bonds. The van der Waals surface area contributed by atoms with Gasteiger partial charge in [0.05, 0.1) is 6.61 Å². The molecule has 4 aliphatic rings. The molecule has 1 unspecified atom stereocenters. The van der Waals surface area contributed by atoms with E-state index in [4.69, 9.17) is 9.47 Å². The van der Waals surface area contributed by atoms with Crippen molar-refractivity contribution in [3.05, 3.63) is 11.6 Å². The highest BCUT2D eigenvalue weighted by atomic mass is 16.7. The third-order valence-electron chi connectivity index (χ3n) is 12.5. The van der Waals surface area contributed by atoms with Crippen LogP contribution in [0, 0.1) is 46.3 Å². The third-order valence-corrected chi connectivity index (χ3v) is 12.5. The molecule has 4 rings (SSSR count). The van der Waals surface area contributed by atoms with Crippen molar-refractivity contribution in [1.29, 1.82) is 0 Å². The van der Waals surface area contributed by atoms with Gasteiger partial charge in [-0.05, 0) is 97.7 Å². The summed E-state index contributed by atoms with van der Waals surface area (Å²) in [6, 6.07) is 0. The van der Waals surface area contributed by atoms with Crippen LogP contribution in [-0.2, 0) is 9.47 Å². The fourth-order valence-corrected chi connectivity index (χ4v) is 10.1. The van der Waals surface area contributed by atoms with E-state index in [9.17, 15) is 4.79 Å². The summed E-state index contributed by atoms with van der Waals surface area (Å²) in [5.74, 6) is 5.18. The molecule has 3 saturated carbocycles. The van der Waals surface area contributed by atoms with Crippen molar-refractivity contribution in [1.82, 2.24) is 0 Å². The second-order valence-electron chi connectivity index (χ2n) is 15.5. The highest BCUT2D eigenvalue weighted by molar-refractivity contribution is 5.60. The Balaban J connectivity index is 1.26. The quantitative estimate of drug-likeness (QED) is 0.121. The number of allylic oxidation sites excluding steroid dienone is 1. The number of rotatable bonds is 14. The fraction of sp³-hybridized carbons (Fsp3) is 0.919. The van der Waals surface area contributed by atoms with Gasteiger partial charge in [0.15, 0.2) is 0 Å². The van der Waals surface area contributed by atoms with E-state index in [0.717, 1.165) is 67.6 Å².